The number of hydrogen-bond donors (Lipinski definition) is 0. The van der Waals surface area contributed by atoms with E-state index >= 15 is 0 Å². The summed E-state index contributed by atoms with van der Waals surface area (Å²) in [5.41, 5.74) is 13.6. The number of aromatic nitrogens is 9. The molecule has 0 radical (unpaired) electrons. The molecule has 126 heavy (non-hydrogen) atoms. The van der Waals surface area contributed by atoms with Gasteiger partial charge in [0.05, 0.1) is 0 Å². The second-order valence-electron chi connectivity index (χ2n) is 35.4. The third kappa shape index (κ3) is 17.5. The minimum atomic E-state index is -1.08. The molecule has 0 spiro atoms. The largest absolute Gasteiger partial charge is 0.439 e. The molecule has 12 heterocycles. The molecule has 0 N–H and O–H groups in total. The lowest BCUT2D eigenvalue weighted by atomic mass is 9.80. The summed E-state index contributed by atoms with van der Waals surface area (Å²) < 4.78 is 34.1. The van der Waals surface area contributed by atoms with Gasteiger partial charge in [0.25, 0.3) is 0 Å². The van der Waals surface area contributed by atoms with Gasteiger partial charge < -0.3 is 41.6 Å². The molecule has 15 heteroatoms. The van der Waals surface area contributed by atoms with Crippen LogP contribution >= 0.6 is 0 Å². The molecule has 15 nitrogen and oxygen atoms in total. The Morgan fingerprint density at radius 1 is 0.214 bits per heavy atom. The standard InChI is InChI=1S/C39H47N3O2.C37H43N3O2.C35H39N3O2/c1-3-5-7-9-11-17-26-41-28-33(30-20-13-15-23-35(30)41)39(32-22-19-25-40-37(32)38(43)44-39)34-29-42(27-18-12-10-8-6-4-2)36-24-16-14-21-31(34)36;1-3-5-7-9-15-24-39-26-31(28-18-11-13-21-33(28)39)37(30-20-17-23-38-35(30)36(41)42-37)32-27-40(25-16-10-8-6-4-2)34-22-14-12-19-29(32)34;1-3-5-7-13-22-37-24-29(26-16-9-11-19-31(26)37)35(28-18-15-21-36-33(28)34(39)40-35)30-25-38(23-14-8-6-4-2)32-20-12-10-17-27(30)32/h13-16,19-25,28-29H,3-12,17-18,26-27H2,1-2H3;11-14,17-23,26-27H,3-10,15-16,24-25H2,1-2H3;9-12,15-21,24-25H,3-8,13-14,22-23H2,1-2H3. The van der Waals surface area contributed by atoms with E-state index in [1.54, 1.807) is 18.6 Å². The van der Waals surface area contributed by atoms with E-state index in [1.807, 2.05) is 36.4 Å². The maximum atomic E-state index is 13.6. The fraction of sp³-hybridized carbons (Fsp3) is 0.405. The van der Waals surface area contributed by atoms with E-state index < -0.39 is 16.8 Å². The second-order valence-corrected chi connectivity index (χ2v) is 35.4. The first kappa shape index (κ1) is 87.9. The molecular weight excluding hydrogens is 1560 g/mol. The molecule has 0 fully saturated rings. The normalized spacial score (nSPS) is 14.1. The number of benzene rings is 6. The molecule has 654 valence electrons. The van der Waals surface area contributed by atoms with Gasteiger partial charge in [0.2, 0.25) is 0 Å². The number of hydrogen-bond acceptors (Lipinski definition) is 9. The number of esters is 3. The van der Waals surface area contributed by atoms with Crippen LogP contribution in [0.15, 0.2) is 238 Å². The predicted octanol–water partition coefficient (Wildman–Crippen LogP) is 28.2. The maximum Gasteiger partial charge on any atom is 0.358 e. The Hall–Kier alpha value is -11.6. The van der Waals surface area contributed by atoms with E-state index in [0.717, 1.165) is 160 Å². The van der Waals surface area contributed by atoms with E-state index in [4.69, 9.17) is 14.2 Å². The van der Waals surface area contributed by atoms with E-state index in [9.17, 15) is 14.4 Å². The van der Waals surface area contributed by atoms with Crippen LogP contribution in [-0.4, -0.2) is 60.3 Å². The van der Waals surface area contributed by atoms with Gasteiger partial charge in [-0.2, -0.15) is 0 Å². The number of rotatable bonds is 42. The van der Waals surface area contributed by atoms with Gasteiger partial charge in [-0.3, -0.25) is 0 Å². The summed E-state index contributed by atoms with van der Waals surface area (Å²) in [7, 11) is 0. The average molecular weight is 1690 g/mol. The molecule has 3 aliphatic rings. The number of ether oxygens (including phenoxy) is 3. The highest BCUT2D eigenvalue weighted by Gasteiger charge is 2.56. The molecule has 0 saturated carbocycles. The molecule has 15 aromatic rings. The topological polar surface area (TPSA) is 147 Å². The zero-order chi connectivity index (χ0) is 86.8. The number of para-hydroxylation sites is 6. The summed E-state index contributed by atoms with van der Waals surface area (Å²) in [6.45, 7) is 19.1. The van der Waals surface area contributed by atoms with Crippen molar-refractivity contribution in [1.82, 2.24) is 42.4 Å². The zero-order valence-corrected chi connectivity index (χ0v) is 75.4. The SMILES string of the molecule is CCCCCCCCn1cc(C2(c3cn(CCCCCCCC)c4ccccc34)OC(=O)c3ncccc32)c2ccccc21.CCCCCCCn1cc(C2(c3cn(CCCCCCC)c4ccccc34)OC(=O)c3ncccc32)c2ccccc21.CCCCCCn1cc(C2(c3cn(CCCCCC)c4ccccc34)OC(=O)c3ncccc32)c2ccccc21. The van der Waals surface area contributed by atoms with Crippen LogP contribution in [0.5, 0.6) is 0 Å². The minimum Gasteiger partial charge on any atom is -0.439 e. The highest BCUT2D eigenvalue weighted by molar-refractivity contribution is 6.02. The van der Waals surface area contributed by atoms with Crippen molar-refractivity contribution in [2.75, 3.05) is 0 Å². The van der Waals surface area contributed by atoms with E-state index in [2.05, 4.69) is 267 Å². The van der Waals surface area contributed by atoms with Crippen LogP contribution in [0.2, 0.25) is 0 Å². The molecular formula is C111H129N9O6. The van der Waals surface area contributed by atoms with E-state index in [0.29, 0.717) is 17.1 Å². The summed E-state index contributed by atoms with van der Waals surface area (Å²) in [5, 5.41) is 6.70. The summed E-state index contributed by atoms with van der Waals surface area (Å²) in [6, 6.07) is 63.2. The van der Waals surface area contributed by atoms with Crippen molar-refractivity contribution in [2.45, 2.75) is 290 Å². The first-order valence-electron chi connectivity index (χ1n) is 48.1. The van der Waals surface area contributed by atoms with Crippen molar-refractivity contribution in [3.8, 4) is 0 Å². The van der Waals surface area contributed by atoms with Gasteiger partial charge in [-0.15, -0.1) is 0 Å². The Labute approximate surface area is 744 Å². The number of fused-ring (bicyclic) bond motifs is 9. The summed E-state index contributed by atoms with van der Waals surface area (Å²) >= 11 is 0. The zero-order valence-electron chi connectivity index (χ0n) is 75.4. The second kappa shape index (κ2) is 41.2. The summed E-state index contributed by atoms with van der Waals surface area (Å²) in [6.07, 6.45) is 55.4. The maximum absolute atomic E-state index is 13.6. The smallest absolute Gasteiger partial charge is 0.358 e. The number of cyclic esters (lactones) is 3. The lowest BCUT2D eigenvalue weighted by Crippen LogP contribution is -2.29. The monoisotopic (exact) mass is 1680 g/mol. The van der Waals surface area contributed by atoms with E-state index in [1.165, 1.54) is 187 Å². The number of carbonyl (C=O) groups is 3. The third-order valence-electron chi connectivity index (χ3n) is 26.9. The highest BCUT2D eigenvalue weighted by atomic mass is 16.6. The minimum absolute atomic E-state index is 0.360. The van der Waals surface area contributed by atoms with Crippen LogP contribution in [0, 0.1) is 0 Å². The van der Waals surface area contributed by atoms with Crippen molar-refractivity contribution in [1.29, 1.82) is 0 Å². The van der Waals surface area contributed by atoms with Crippen molar-refractivity contribution in [2.24, 2.45) is 0 Å². The number of nitrogens with zero attached hydrogens (tertiary/aromatic N) is 9. The van der Waals surface area contributed by atoms with Crippen LogP contribution < -0.4 is 0 Å². The van der Waals surface area contributed by atoms with Crippen LogP contribution in [0.3, 0.4) is 0 Å². The Morgan fingerprint density at radius 3 is 0.587 bits per heavy atom. The van der Waals surface area contributed by atoms with Crippen LogP contribution in [0.4, 0.5) is 0 Å². The first-order valence-corrected chi connectivity index (χ1v) is 48.1. The highest BCUT2D eigenvalue weighted by Crippen LogP contribution is 2.55. The molecule has 0 atom stereocenters. The number of carbonyl (C=O) groups excluding carboxylic acids is 3. The van der Waals surface area contributed by atoms with Crippen molar-refractivity contribution in [3.05, 3.63) is 305 Å². The van der Waals surface area contributed by atoms with Gasteiger partial charge in [-0.05, 0) is 93.1 Å². The Bertz CT molecular complexity index is 5940. The van der Waals surface area contributed by atoms with Crippen LogP contribution in [0.25, 0.3) is 65.4 Å². The van der Waals surface area contributed by atoms with Gasteiger partial charge in [-0.1, -0.05) is 323 Å². The Kier molecular flexibility index (Phi) is 28.8. The van der Waals surface area contributed by atoms with E-state index in [-0.39, 0.29) is 17.9 Å². The molecule has 0 aliphatic carbocycles. The van der Waals surface area contributed by atoms with Gasteiger partial charge in [0.15, 0.2) is 33.9 Å². The lowest BCUT2D eigenvalue weighted by molar-refractivity contribution is 0.0247. The van der Waals surface area contributed by atoms with Crippen LogP contribution in [-0.2, 0) is 70.3 Å². The van der Waals surface area contributed by atoms with Gasteiger partial charge >= 0.3 is 17.9 Å². The quantitative estimate of drug-likeness (QED) is 0.0207. The van der Waals surface area contributed by atoms with Crippen molar-refractivity contribution in [3.63, 3.8) is 0 Å². The van der Waals surface area contributed by atoms with Gasteiger partial charge in [0, 0.05) is 211 Å². The fourth-order valence-electron chi connectivity index (χ4n) is 20.5. The number of unbranched alkanes of at least 4 members (excludes halogenated alkanes) is 24. The molecule has 0 saturated heterocycles. The molecule has 3 aliphatic heterocycles. The predicted molar refractivity (Wildman–Crippen MR) is 513 cm³/mol. The average Bonchev–Trinajstić information content (AvgIpc) is 1.55. The third-order valence-corrected chi connectivity index (χ3v) is 26.9. The number of pyridine rings is 3. The van der Waals surface area contributed by atoms with Gasteiger partial charge in [-0.25, -0.2) is 29.3 Å². The number of aryl methyl sites for hydroxylation is 6. The lowest BCUT2D eigenvalue weighted by Gasteiger charge is -2.29. The summed E-state index contributed by atoms with van der Waals surface area (Å²) in [4.78, 5) is 54.3. The summed E-state index contributed by atoms with van der Waals surface area (Å²) in [5.74, 6) is -1.09. The fourth-order valence-corrected chi connectivity index (χ4v) is 20.5. The van der Waals surface area contributed by atoms with Crippen molar-refractivity contribution >= 4 is 83.3 Å². The Balaban J connectivity index is 0.000000139. The van der Waals surface area contributed by atoms with Crippen molar-refractivity contribution < 1.29 is 28.6 Å². The molecule has 0 amide bonds. The molecule has 9 aromatic heterocycles. The molecule has 6 aromatic carbocycles. The Morgan fingerprint density at radius 2 is 0.389 bits per heavy atom. The molecule has 0 bridgehead atoms. The van der Waals surface area contributed by atoms with Crippen LogP contribution in [0.1, 0.15) is 316 Å². The van der Waals surface area contributed by atoms with Gasteiger partial charge in [0.1, 0.15) is 0 Å². The molecule has 18 rings (SSSR count). The first-order chi connectivity index (χ1) is 62.1. The molecule has 0 unspecified atom stereocenters.